The lowest BCUT2D eigenvalue weighted by molar-refractivity contribution is 0.251. The molecule has 0 saturated heterocycles. The van der Waals surface area contributed by atoms with Crippen molar-refractivity contribution in [2.75, 3.05) is 25.3 Å². The SMILES string of the molecule is CO[Si](C)(CN(c1ccccc1)c1ccccc1)OC. The molecule has 0 aliphatic carbocycles. The fraction of sp³-hybridized carbons (Fsp3) is 0.250. The van der Waals surface area contributed by atoms with Crippen molar-refractivity contribution in [1.29, 1.82) is 0 Å². The van der Waals surface area contributed by atoms with Gasteiger partial charge >= 0.3 is 8.56 Å². The summed E-state index contributed by atoms with van der Waals surface area (Å²) in [6.45, 7) is 2.08. The Labute approximate surface area is 122 Å². The number of nitrogens with zero attached hydrogens (tertiary/aromatic N) is 1. The molecule has 0 atom stereocenters. The van der Waals surface area contributed by atoms with Gasteiger partial charge in [-0.05, 0) is 30.8 Å². The Kier molecular flexibility index (Phi) is 4.95. The fourth-order valence-electron chi connectivity index (χ4n) is 2.05. The van der Waals surface area contributed by atoms with Gasteiger partial charge in [0, 0.05) is 25.6 Å². The zero-order valence-electron chi connectivity index (χ0n) is 12.2. The van der Waals surface area contributed by atoms with Crippen LogP contribution in [-0.4, -0.2) is 28.9 Å². The summed E-state index contributed by atoms with van der Waals surface area (Å²) in [6.07, 6.45) is 0.744. The van der Waals surface area contributed by atoms with Crippen molar-refractivity contribution < 1.29 is 8.85 Å². The van der Waals surface area contributed by atoms with Crippen LogP contribution in [0.25, 0.3) is 0 Å². The molecule has 3 nitrogen and oxygen atoms in total. The molecular formula is C16H21NO2Si. The van der Waals surface area contributed by atoms with Crippen molar-refractivity contribution >= 4 is 19.9 Å². The van der Waals surface area contributed by atoms with Crippen molar-refractivity contribution in [2.45, 2.75) is 6.55 Å². The van der Waals surface area contributed by atoms with Crippen LogP contribution in [0.4, 0.5) is 11.4 Å². The molecule has 2 rings (SSSR count). The van der Waals surface area contributed by atoms with Gasteiger partial charge in [0.2, 0.25) is 0 Å². The monoisotopic (exact) mass is 287 g/mol. The molecule has 0 bridgehead atoms. The minimum absolute atomic E-state index is 0.744. The van der Waals surface area contributed by atoms with Crippen LogP contribution >= 0.6 is 0 Å². The molecule has 0 radical (unpaired) electrons. The molecule has 106 valence electrons. The van der Waals surface area contributed by atoms with Crippen LogP contribution in [0.1, 0.15) is 0 Å². The predicted molar refractivity (Wildman–Crippen MR) is 85.5 cm³/mol. The lowest BCUT2D eigenvalue weighted by Gasteiger charge is -2.32. The van der Waals surface area contributed by atoms with E-state index in [1.54, 1.807) is 14.2 Å². The van der Waals surface area contributed by atoms with Crippen LogP contribution in [0.15, 0.2) is 60.7 Å². The van der Waals surface area contributed by atoms with Crippen LogP contribution in [0, 0.1) is 0 Å². The Bertz CT molecular complexity index is 475. The van der Waals surface area contributed by atoms with Gasteiger partial charge in [-0.1, -0.05) is 36.4 Å². The Morgan fingerprint density at radius 1 is 0.800 bits per heavy atom. The summed E-state index contributed by atoms with van der Waals surface area (Å²) in [5.41, 5.74) is 2.29. The van der Waals surface area contributed by atoms with E-state index in [4.69, 9.17) is 8.85 Å². The summed E-state index contributed by atoms with van der Waals surface area (Å²) in [4.78, 5) is 2.25. The second kappa shape index (κ2) is 6.70. The number of hydrogen-bond acceptors (Lipinski definition) is 3. The number of para-hydroxylation sites is 2. The number of rotatable bonds is 6. The third kappa shape index (κ3) is 3.48. The molecule has 20 heavy (non-hydrogen) atoms. The van der Waals surface area contributed by atoms with Crippen LogP contribution < -0.4 is 4.90 Å². The van der Waals surface area contributed by atoms with E-state index in [0.29, 0.717) is 0 Å². The van der Waals surface area contributed by atoms with E-state index in [1.165, 1.54) is 0 Å². The average Bonchev–Trinajstić information content (AvgIpc) is 2.54. The van der Waals surface area contributed by atoms with Crippen molar-refractivity contribution in [2.24, 2.45) is 0 Å². The molecule has 0 fully saturated rings. The van der Waals surface area contributed by atoms with Gasteiger partial charge in [0.1, 0.15) is 0 Å². The van der Waals surface area contributed by atoms with Crippen molar-refractivity contribution in [3.8, 4) is 0 Å². The Morgan fingerprint density at radius 2 is 1.20 bits per heavy atom. The highest BCUT2D eigenvalue weighted by molar-refractivity contribution is 6.66. The van der Waals surface area contributed by atoms with E-state index < -0.39 is 8.56 Å². The second-order valence-corrected chi connectivity index (χ2v) is 8.20. The first-order valence-corrected chi connectivity index (χ1v) is 9.19. The number of benzene rings is 2. The molecule has 0 aromatic heterocycles. The molecule has 0 N–H and O–H groups in total. The van der Waals surface area contributed by atoms with Crippen LogP contribution in [0.5, 0.6) is 0 Å². The number of hydrogen-bond donors (Lipinski definition) is 0. The molecule has 2 aromatic carbocycles. The summed E-state index contributed by atoms with van der Waals surface area (Å²) in [5, 5.41) is 0. The standard InChI is InChI=1S/C16H21NO2Si/c1-18-20(3,19-2)14-17(15-10-6-4-7-11-15)16-12-8-5-9-13-16/h4-13H,14H2,1-3H3. The van der Waals surface area contributed by atoms with Gasteiger partial charge in [-0.3, -0.25) is 0 Å². The maximum absolute atomic E-state index is 5.64. The van der Waals surface area contributed by atoms with Gasteiger partial charge in [-0.2, -0.15) is 0 Å². The summed E-state index contributed by atoms with van der Waals surface area (Å²) in [5.74, 6) is 0. The Morgan fingerprint density at radius 3 is 1.55 bits per heavy atom. The highest BCUT2D eigenvalue weighted by atomic mass is 28.4. The third-order valence-electron chi connectivity index (χ3n) is 3.44. The smallest absolute Gasteiger partial charge is 0.354 e. The highest BCUT2D eigenvalue weighted by Crippen LogP contribution is 2.26. The molecule has 0 aliphatic rings. The summed E-state index contributed by atoms with van der Waals surface area (Å²) in [6, 6.07) is 20.6. The average molecular weight is 287 g/mol. The summed E-state index contributed by atoms with van der Waals surface area (Å²) in [7, 11) is 1.25. The van der Waals surface area contributed by atoms with Gasteiger partial charge in [0.05, 0.1) is 6.17 Å². The van der Waals surface area contributed by atoms with E-state index in [2.05, 4.69) is 35.7 Å². The van der Waals surface area contributed by atoms with Crippen molar-refractivity contribution in [3.63, 3.8) is 0 Å². The minimum atomic E-state index is -2.20. The van der Waals surface area contributed by atoms with E-state index in [1.807, 2.05) is 36.4 Å². The first kappa shape index (κ1) is 14.8. The van der Waals surface area contributed by atoms with E-state index in [-0.39, 0.29) is 0 Å². The molecular weight excluding hydrogens is 266 g/mol. The first-order chi connectivity index (χ1) is 9.68. The predicted octanol–water partition coefficient (Wildman–Crippen LogP) is 3.73. The Hall–Kier alpha value is -1.62. The Balaban J connectivity index is 2.35. The summed E-state index contributed by atoms with van der Waals surface area (Å²) >= 11 is 0. The maximum atomic E-state index is 5.64. The molecule has 2 aromatic rings. The lowest BCUT2D eigenvalue weighted by Crippen LogP contribution is -2.47. The van der Waals surface area contributed by atoms with Crippen LogP contribution in [0.3, 0.4) is 0 Å². The zero-order valence-corrected chi connectivity index (χ0v) is 13.2. The van der Waals surface area contributed by atoms with Crippen molar-refractivity contribution in [1.82, 2.24) is 0 Å². The minimum Gasteiger partial charge on any atom is -0.397 e. The van der Waals surface area contributed by atoms with Gasteiger partial charge in [-0.25, -0.2) is 0 Å². The topological polar surface area (TPSA) is 21.7 Å². The first-order valence-electron chi connectivity index (χ1n) is 6.66. The van der Waals surface area contributed by atoms with Gasteiger partial charge in [0.25, 0.3) is 0 Å². The summed E-state index contributed by atoms with van der Waals surface area (Å²) < 4.78 is 11.3. The fourth-order valence-corrected chi connectivity index (χ4v) is 3.41. The van der Waals surface area contributed by atoms with E-state index in [0.717, 1.165) is 17.5 Å². The highest BCUT2D eigenvalue weighted by Gasteiger charge is 2.32. The van der Waals surface area contributed by atoms with Gasteiger partial charge in [-0.15, -0.1) is 0 Å². The van der Waals surface area contributed by atoms with Crippen molar-refractivity contribution in [3.05, 3.63) is 60.7 Å². The van der Waals surface area contributed by atoms with Gasteiger partial charge < -0.3 is 13.8 Å². The van der Waals surface area contributed by atoms with Gasteiger partial charge in [0.15, 0.2) is 0 Å². The lowest BCUT2D eigenvalue weighted by atomic mass is 10.2. The van der Waals surface area contributed by atoms with Crippen LogP contribution in [0.2, 0.25) is 6.55 Å². The second-order valence-electron chi connectivity index (χ2n) is 4.80. The molecule has 0 saturated carbocycles. The maximum Gasteiger partial charge on any atom is 0.354 e. The molecule has 0 heterocycles. The van der Waals surface area contributed by atoms with E-state index >= 15 is 0 Å². The molecule has 0 spiro atoms. The number of anilines is 2. The third-order valence-corrected chi connectivity index (χ3v) is 6.06. The molecule has 4 heteroatoms. The molecule has 0 aliphatic heterocycles. The van der Waals surface area contributed by atoms with Crippen LogP contribution in [-0.2, 0) is 8.85 Å². The van der Waals surface area contributed by atoms with E-state index in [9.17, 15) is 0 Å². The molecule has 0 unspecified atom stereocenters. The zero-order chi connectivity index (χ0) is 14.4. The molecule has 0 amide bonds. The largest absolute Gasteiger partial charge is 0.397 e. The normalized spacial score (nSPS) is 11.3. The quantitative estimate of drug-likeness (QED) is 0.756.